The second kappa shape index (κ2) is 6.16. The molecule has 1 aromatic rings. The number of sulfonamides is 1. The number of likely N-dealkylation sites (N-methyl/N-ethyl adjacent to an activating group) is 1. The zero-order valence-corrected chi connectivity index (χ0v) is 12.2. The number of hydrogen-bond donors (Lipinski definition) is 2. The molecule has 0 fully saturated rings. The fourth-order valence-corrected chi connectivity index (χ4v) is 3.07. The molecule has 0 aliphatic carbocycles. The molecule has 0 spiro atoms. The van der Waals surface area contributed by atoms with Gasteiger partial charge in [-0.2, -0.15) is 4.31 Å². The molecule has 1 unspecified atom stereocenters. The van der Waals surface area contributed by atoms with E-state index in [1.54, 1.807) is 7.05 Å². The summed E-state index contributed by atoms with van der Waals surface area (Å²) in [5, 5.41) is 22.8. The number of nitro benzene ring substituents is 1. The highest BCUT2D eigenvalue weighted by Crippen LogP contribution is 2.29. The minimum atomic E-state index is -4.07. The fraction of sp³-hybridized carbons (Fsp3) is 0.455. The van der Waals surface area contributed by atoms with Crippen LogP contribution in [0.2, 0.25) is 0 Å². The molecule has 1 aromatic carbocycles. The maximum absolute atomic E-state index is 12.4. The van der Waals surface area contributed by atoms with Gasteiger partial charge in [0, 0.05) is 31.9 Å². The van der Waals surface area contributed by atoms with Gasteiger partial charge >= 0.3 is 0 Å². The molecule has 112 valence electrons. The fourth-order valence-electron chi connectivity index (χ4n) is 1.53. The van der Waals surface area contributed by atoms with E-state index >= 15 is 0 Å². The van der Waals surface area contributed by atoms with Crippen molar-refractivity contribution >= 4 is 21.4 Å². The lowest BCUT2D eigenvalue weighted by molar-refractivity contribution is -0.387. The number of nitrogens with one attached hydrogen (secondary N) is 1. The van der Waals surface area contributed by atoms with Crippen LogP contribution in [0.15, 0.2) is 23.1 Å². The van der Waals surface area contributed by atoms with Crippen LogP contribution in [0, 0.1) is 10.1 Å². The third-order valence-corrected chi connectivity index (χ3v) is 4.99. The molecule has 0 aliphatic rings. The van der Waals surface area contributed by atoms with Crippen LogP contribution in [0.3, 0.4) is 0 Å². The molecule has 1 rings (SSSR count). The zero-order valence-electron chi connectivity index (χ0n) is 11.4. The zero-order chi connectivity index (χ0) is 15.5. The Hall–Kier alpha value is -1.71. The second-order valence-electron chi connectivity index (χ2n) is 4.24. The van der Waals surface area contributed by atoms with Crippen molar-refractivity contribution in [3.05, 3.63) is 28.3 Å². The van der Waals surface area contributed by atoms with Crippen LogP contribution in [0.25, 0.3) is 0 Å². The summed E-state index contributed by atoms with van der Waals surface area (Å²) in [7, 11) is -1.22. The summed E-state index contributed by atoms with van der Waals surface area (Å²) < 4.78 is 25.7. The quantitative estimate of drug-likeness (QED) is 0.589. The Bertz CT molecular complexity index is 602. The van der Waals surface area contributed by atoms with Gasteiger partial charge in [0.25, 0.3) is 5.69 Å². The van der Waals surface area contributed by atoms with Gasteiger partial charge in [0.2, 0.25) is 10.0 Å². The van der Waals surface area contributed by atoms with Crippen molar-refractivity contribution in [1.82, 2.24) is 4.31 Å². The van der Waals surface area contributed by atoms with Crippen LogP contribution in [0.5, 0.6) is 0 Å². The number of rotatable bonds is 6. The van der Waals surface area contributed by atoms with Crippen molar-refractivity contribution < 1.29 is 18.4 Å². The molecule has 0 bridgehead atoms. The normalized spacial score (nSPS) is 13.2. The van der Waals surface area contributed by atoms with Crippen LogP contribution in [0.4, 0.5) is 11.4 Å². The summed E-state index contributed by atoms with van der Waals surface area (Å²) in [6.45, 7) is 1.13. The number of nitrogens with zero attached hydrogens (tertiary/aromatic N) is 2. The Kier molecular flexibility index (Phi) is 5.03. The van der Waals surface area contributed by atoms with Crippen LogP contribution < -0.4 is 5.32 Å². The van der Waals surface area contributed by atoms with Gasteiger partial charge in [0.1, 0.15) is 0 Å². The Balaban J connectivity index is 3.46. The maximum Gasteiger partial charge on any atom is 0.289 e. The van der Waals surface area contributed by atoms with E-state index in [0.717, 1.165) is 10.4 Å². The molecular weight excluding hydrogens is 286 g/mol. The summed E-state index contributed by atoms with van der Waals surface area (Å²) in [5.74, 6) is 0. The van der Waals surface area contributed by atoms with Gasteiger partial charge in [0.05, 0.1) is 11.5 Å². The number of aliphatic hydroxyl groups excluding tert-OH is 1. The Morgan fingerprint density at radius 2 is 2.10 bits per heavy atom. The molecule has 1 atom stereocenters. The molecule has 0 saturated carbocycles. The van der Waals surface area contributed by atoms with Crippen LogP contribution in [-0.2, 0) is 10.0 Å². The van der Waals surface area contributed by atoms with Crippen LogP contribution >= 0.6 is 0 Å². The van der Waals surface area contributed by atoms with Crippen LogP contribution in [-0.4, -0.2) is 49.5 Å². The molecule has 0 radical (unpaired) electrons. The second-order valence-corrected chi connectivity index (χ2v) is 6.21. The Labute approximate surface area is 117 Å². The Morgan fingerprint density at radius 3 is 2.55 bits per heavy atom. The predicted molar refractivity (Wildman–Crippen MR) is 74.1 cm³/mol. The van der Waals surface area contributed by atoms with E-state index in [1.807, 2.05) is 0 Å². The summed E-state index contributed by atoms with van der Waals surface area (Å²) in [6.07, 6.45) is 0. The first-order valence-corrected chi connectivity index (χ1v) is 7.24. The topological polar surface area (TPSA) is 113 Å². The lowest BCUT2D eigenvalue weighted by atomic mass is 10.3. The summed E-state index contributed by atoms with van der Waals surface area (Å²) >= 11 is 0. The number of anilines is 1. The number of nitro groups is 1. The molecule has 0 saturated heterocycles. The van der Waals surface area contributed by atoms with Gasteiger partial charge < -0.3 is 10.4 Å². The SMILES string of the molecule is CNc1ccc([N+](=O)[O-])c(S(=O)(=O)N(C)C(C)CO)c1. The third-order valence-electron chi connectivity index (χ3n) is 2.99. The summed E-state index contributed by atoms with van der Waals surface area (Å²) in [5.41, 5.74) is -0.0554. The first kappa shape index (κ1) is 16.3. The van der Waals surface area contributed by atoms with E-state index in [4.69, 9.17) is 5.11 Å². The molecule has 0 aromatic heterocycles. The molecule has 0 heterocycles. The van der Waals surface area contributed by atoms with Gasteiger partial charge in [-0.1, -0.05) is 0 Å². The van der Waals surface area contributed by atoms with Gasteiger partial charge in [-0.05, 0) is 19.1 Å². The van der Waals surface area contributed by atoms with E-state index in [1.165, 1.54) is 26.1 Å². The summed E-state index contributed by atoms with van der Waals surface area (Å²) in [6, 6.07) is 3.08. The monoisotopic (exact) mass is 303 g/mol. The van der Waals surface area contributed by atoms with Crippen molar-refractivity contribution in [3.63, 3.8) is 0 Å². The largest absolute Gasteiger partial charge is 0.395 e. The van der Waals surface area contributed by atoms with Crippen LogP contribution in [0.1, 0.15) is 6.92 Å². The predicted octanol–water partition coefficient (Wildman–Crippen LogP) is 0.638. The van der Waals surface area contributed by atoms with E-state index < -0.39 is 31.6 Å². The van der Waals surface area contributed by atoms with E-state index in [2.05, 4.69) is 5.32 Å². The average molecular weight is 303 g/mol. The minimum Gasteiger partial charge on any atom is -0.395 e. The first-order valence-electron chi connectivity index (χ1n) is 5.80. The highest BCUT2D eigenvalue weighted by molar-refractivity contribution is 7.89. The van der Waals surface area contributed by atoms with Crippen molar-refractivity contribution in [2.75, 3.05) is 26.0 Å². The number of benzene rings is 1. The van der Waals surface area contributed by atoms with E-state index in [9.17, 15) is 18.5 Å². The lowest BCUT2D eigenvalue weighted by Gasteiger charge is -2.22. The van der Waals surface area contributed by atoms with Gasteiger partial charge in [0.15, 0.2) is 4.90 Å². The smallest absolute Gasteiger partial charge is 0.289 e. The molecular formula is C11H17N3O5S. The molecule has 20 heavy (non-hydrogen) atoms. The number of aliphatic hydroxyl groups is 1. The van der Waals surface area contributed by atoms with Crippen molar-refractivity contribution in [2.45, 2.75) is 17.9 Å². The molecule has 0 aliphatic heterocycles. The maximum atomic E-state index is 12.4. The molecule has 9 heteroatoms. The highest BCUT2D eigenvalue weighted by atomic mass is 32.2. The standard InChI is InChI=1S/C11H17N3O5S/c1-8(7-15)13(3)20(18,19)11-6-9(12-2)4-5-10(11)14(16)17/h4-6,8,12,15H,7H2,1-3H3. The minimum absolute atomic E-state index is 0.380. The third kappa shape index (κ3) is 3.06. The van der Waals surface area contributed by atoms with Crippen molar-refractivity contribution in [2.24, 2.45) is 0 Å². The molecule has 8 nitrogen and oxygen atoms in total. The summed E-state index contributed by atoms with van der Waals surface area (Å²) in [4.78, 5) is 9.83. The Morgan fingerprint density at radius 1 is 1.50 bits per heavy atom. The average Bonchev–Trinajstić information content (AvgIpc) is 2.44. The van der Waals surface area contributed by atoms with E-state index in [0.29, 0.717) is 5.69 Å². The lowest BCUT2D eigenvalue weighted by Crippen LogP contribution is -2.37. The van der Waals surface area contributed by atoms with Gasteiger partial charge in [-0.15, -0.1) is 0 Å². The molecule has 0 amide bonds. The van der Waals surface area contributed by atoms with Gasteiger partial charge in [-0.3, -0.25) is 10.1 Å². The number of hydrogen-bond acceptors (Lipinski definition) is 6. The van der Waals surface area contributed by atoms with Crippen molar-refractivity contribution in [1.29, 1.82) is 0 Å². The first-order chi connectivity index (χ1) is 9.25. The van der Waals surface area contributed by atoms with E-state index in [-0.39, 0.29) is 6.61 Å². The molecule has 2 N–H and O–H groups in total. The van der Waals surface area contributed by atoms with Crippen molar-refractivity contribution in [3.8, 4) is 0 Å². The van der Waals surface area contributed by atoms with Gasteiger partial charge in [-0.25, -0.2) is 8.42 Å². The highest BCUT2D eigenvalue weighted by Gasteiger charge is 2.32.